The van der Waals surface area contributed by atoms with Crippen LogP contribution in [-0.4, -0.2) is 54.9 Å². The Morgan fingerprint density at radius 1 is 1.03 bits per heavy atom. The molecule has 0 amide bonds. The molecular formula is C29H31NO4. The number of hydrogen-bond acceptors (Lipinski definition) is 5. The number of carbonyl (C=O) groups excluding carboxylic acids is 1. The van der Waals surface area contributed by atoms with Crippen LogP contribution in [0.3, 0.4) is 0 Å². The first-order valence-corrected chi connectivity index (χ1v) is 12.1. The monoisotopic (exact) mass is 457 g/mol. The molecule has 0 spiro atoms. The highest BCUT2D eigenvalue weighted by atomic mass is 16.5. The summed E-state index contributed by atoms with van der Waals surface area (Å²) in [5.74, 6) is 0.974. The predicted octanol–water partition coefficient (Wildman–Crippen LogP) is 4.79. The van der Waals surface area contributed by atoms with E-state index in [1.807, 2.05) is 30.3 Å². The quantitative estimate of drug-likeness (QED) is 0.408. The normalized spacial score (nSPS) is 19.4. The summed E-state index contributed by atoms with van der Waals surface area (Å²) >= 11 is 0. The van der Waals surface area contributed by atoms with Gasteiger partial charge in [0, 0.05) is 24.1 Å². The third-order valence-electron chi connectivity index (χ3n) is 6.85. The zero-order valence-electron chi connectivity index (χ0n) is 19.4. The smallest absolute Gasteiger partial charge is 0.334 e. The summed E-state index contributed by atoms with van der Waals surface area (Å²) in [5, 5.41) is 13.2. The van der Waals surface area contributed by atoms with Crippen molar-refractivity contribution in [3.8, 4) is 5.75 Å². The van der Waals surface area contributed by atoms with E-state index in [1.54, 1.807) is 0 Å². The van der Waals surface area contributed by atoms with Gasteiger partial charge in [0.05, 0.1) is 6.61 Å². The molecule has 0 bridgehead atoms. The second-order valence-corrected chi connectivity index (χ2v) is 9.24. The van der Waals surface area contributed by atoms with Gasteiger partial charge < -0.3 is 19.5 Å². The SMILES string of the molecule is O=C1OCCC1=Cc1ccccc1OC[C@@H](O)CN1CCC(c2ccc3ccccc3c2)CC1. The van der Waals surface area contributed by atoms with Gasteiger partial charge in [-0.15, -0.1) is 0 Å². The van der Waals surface area contributed by atoms with E-state index in [-0.39, 0.29) is 12.6 Å². The van der Waals surface area contributed by atoms with Gasteiger partial charge in [0.15, 0.2) is 0 Å². The van der Waals surface area contributed by atoms with Gasteiger partial charge in [0.25, 0.3) is 0 Å². The first-order valence-electron chi connectivity index (χ1n) is 12.1. The van der Waals surface area contributed by atoms with Crippen LogP contribution < -0.4 is 4.74 Å². The Kier molecular flexibility index (Phi) is 6.93. The maximum Gasteiger partial charge on any atom is 0.334 e. The average Bonchev–Trinajstić information content (AvgIpc) is 3.28. The molecule has 3 aromatic carbocycles. The predicted molar refractivity (Wildman–Crippen MR) is 134 cm³/mol. The van der Waals surface area contributed by atoms with Crippen LogP contribution in [0, 0.1) is 0 Å². The van der Waals surface area contributed by atoms with Crippen molar-refractivity contribution in [2.75, 3.05) is 32.8 Å². The number of likely N-dealkylation sites (tertiary alicyclic amines) is 1. The first-order chi connectivity index (χ1) is 16.7. The summed E-state index contributed by atoms with van der Waals surface area (Å²) in [6.07, 6.45) is 4.06. The molecule has 2 saturated heterocycles. The number of benzene rings is 3. The zero-order chi connectivity index (χ0) is 23.3. The van der Waals surface area contributed by atoms with Crippen LogP contribution >= 0.6 is 0 Å². The van der Waals surface area contributed by atoms with Crippen molar-refractivity contribution in [2.45, 2.75) is 31.3 Å². The highest BCUT2D eigenvalue weighted by Gasteiger charge is 2.23. The van der Waals surface area contributed by atoms with E-state index in [0.29, 0.717) is 36.8 Å². The number of aliphatic hydroxyl groups is 1. The minimum atomic E-state index is -0.575. The Bertz CT molecular complexity index is 1180. The van der Waals surface area contributed by atoms with Crippen LogP contribution in [0.5, 0.6) is 5.75 Å². The summed E-state index contributed by atoms with van der Waals surface area (Å²) in [6, 6.07) is 22.9. The van der Waals surface area contributed by atoms with Crippen LogP contribution in [0.15, 0.2) is 72.3 Å². The number of rotatable bonds is 7. The number of hydrogen-bond donors (Lipinski definition) is 1. The van der Waals surface area contributed by atoms with Crippen LogP contribution in [0.4, 0.5) is 0 Å². The molecule has 0 unspecified atom stereocenters. The number of aliphatic hydroxyl groups excluding tert-OH is 1. The highest BCUT2D eigenvalue weighted by Crippen LogP contribution is 2.30. The van der Waals surface area contributed by atoms with Crippen molar-refractivity contribution in [3.63, 3.8) is 0 Å². The maximum absolute atomic E-state index is 11.8. The molecule has 2 fully saturated rings. The number of fused-ring (bicyclic) bond motifs is 1. The molecule has 0 radical (unpaired) electrons. The molecule has 2 heterocycles. The van der Waals surface area contributed by atoms with Gasteiger partial charge in [0.2, 0.25) is 0 Å². The number of carbonyl (C=O) groups is 1. The number of esters is 1. The molecule has 5 nitrogen and oxygen atoms in total. The van der Waals surface area contributed by atoms with Gasteiger partial charge in [-0.05, 0) is 60.3 Å². The fraction of sp³-hybridized carbons (Fsp3) is 0.345. The van der Waals surface area contributed by atoms with Crippen molar-refractivity contribution < 1.29 is 19.4 Å². The molecule has 1 N–H and O–H groups in total. The van der Waals surface area contributed by atoms with Crippen molar-refractivity contribution in [1.82, 2.24) is 4.90 Å². The van der Waals surface area contributed by atoms with Crippen LogP contribution in [-0.2, 0) is 9.53 Å². The number of β-amino-alcohol motifs (C(OH)–C–C–N with tert-alkyl or cyclic N) is 1. The molecule has 5 heteroatoms. The summed E-state index contributed by atoms with van der Waals surface area (Å²) < 4.78 is 11.0. The second-order valence-electron chi connectivity index (χ2n) is 9.24. The van der Waals surface area contributed by atoms with Crippen molar-refractivity contribution in [1.29, 1.82) is 0 Å². The third-order valence-corrected chi connectivity index (χ3v) is 6.85. The van der Waals surface area contributed by atoms with E-state index in [1.165, 1.54) is 16.3 Å². The van der Waals surface area contributed by atoms with Crippen molar-refractivity contribution in [2.24, 2.45) is 0 Å². The van der Waals surface area contributed by atoms with Crippen molar-refractivity contribution in [3.05, 3.63) is 83.4 Å². The van der Waals surface area contributed by atoms with Gasteiger partial charge in [0.1, 0.15) is 18.5 Å². The average molecular weight is 458 g/mol. The summed E-state index contributed by atoms with van der Waals surface area (Å²) in [4.78, 5) is 14.1. The number of nitrogens with zero attached hydrogens (tertiary/aromatic N) is 1. The van der Waals surface area contributed by atoms with Crippen molar-refractivity contribution >= 4 is 22.8 Å². The lowest BCUT2D eigenvalue weighted by atomic mass is 9.88. The molecule has 0 saturated carbocycles. The van der Waals surface area contributed by atoms with E-state index in [2.05, 4.69) is 47.4 Å². The third kappa shape index (κ3) is 5.32. The minimum absolute atomic E-state index is 0.217. The molecule has 176 valence electrons. The maximum atomic E-state index is 11.8. The first kappa shape index (κ1) is 22.6. The standard InChI is InChI=1S/C29H31NO4/c31-27(20-34-28-8-4-3-7-25(28)18-26-13-16-33-29(26)32)19-30-14-11-22(12-15-30)24-10-9-21-5-1-2-6-23(21)17-24/h1-10,17-18,22,27,31H,11-16,19-20H2/t27-/m0/s1. The van der Waals surface area contributed by atoms with Gasteiger partial charge in [-0.1, -0.05) is 60.7 Å². The lowest BCUT2D eigenvalue weighted by molar-refractivity contribution is -0.134. The molecule has 0 aliphatic carbocycles. The Balaban J connectivity index is 1.12. The number of piperidine rings is 1. The molecule has 5 rings (SSSR count). The fourth-order valence-electron chi connectivity index (χ4n) is 4.95. The molecular weight excluding hydrogens is 426 g/mol. The lowest BCUT2D eigenvalue weighted by Crippen LogP contribution is -2.40. The Morgan fingerprint density at radius 2 is 1.79 bits per heavy atom. The molecule has 2 aliphatic heterocycles. The summed E-state index contributed by atoms with van der Waals surface area (Å²) in [7, 11) is 0. The summed E-state index contributed by atoms with van der Waals surface area (Å²) in [5.41, 5.74) is 2.91. The largest absolute Gasteiger partial charge is 0.490 e. The van der Waals surface area contributed by atoms with Gasteiger partial charge >= 0.3 is 5.97 Å². The van der Waals surface area contributed by atoms with E-state index >= 15 is 0 Å². The Hall–Kier alpha value is -3.15. The van der Waals surface area contributed by atoms with Gasteiger partial charge in [-0.25, -0.2) is 4.79 Å². The topological polar surface area (TPSA) is 59.0 Å². The Labute approximate surface area is 200 Å². The molecule has 0 aromatic heterocycles. The number of para-hydroxylation sites is 1. The van der Waals surface area contributed by atoms with E-state index < -0.39 is 6.10 Å². The zero-order valence-corrected chi connectivity index (χ0v) is 19.4. The van der Waals surface area contributed by atoms with Gasteiger partial charge in [-0.2, -0.15) is 0 Å². The fourth-order valence-corrected chi connectivity index (χ4v) is 4.95. The van der Waals surface area contributed by atoms with E-state index in [0.717, 1.165) is 31.5 Å². The Morgan fingerprint density at radius 3 is 2.59 bits per heavy atom. The van der Waals surface area contributed by atoms with E-state index in [9.17, 15) is 9.90 Å². The molecule has 2 aliphatic rings. The number of ether oxygens (including phenoxy) is 2. The molecule has 34 heavy (non-hydrogen) atoms. The lowest BCUT2D eigenvalue weighted by Gasteiger charge is -2.33. The molecule has 1 atom stereocenters. The van der Waals surface area contributed by atoms with Crippen LogP contribution in [0.25, 0.3) is 16.8 Å². The highest BCUT2D eigenvalue weighted by molar-refractivity contribution is 5.95. The number of cyclic esters (lactones) is 1. The summed E-state index contributed by atoms with van der Waals surface area (Å²) in [6.45, 7) is 3.19. The second kappa shape index (κ2) is 10.4. The van der Waals surface area contributed by atoms with Gasteiger partial charge in [-0.3, -0.25) is 0 Å². The minimum Gasteiger partial charge on any atom is -0.490 e. The van der Waals surface area contributed by atoms with Crippen LogP contribution in [0.2, 0.25) is 0 Å². The van der Waals surface area contributed by atoms with Crippen LogP contribution in [0.1, 0.15) is 36.3 Å². The van der Waals surface area contributed by atoms with E-state index in [4.69, 9.17) is 9.47 Å². The molecule has 3 aromatic rings.